The van der Waals surface area contributed by atoms with Crippen LogP contribution < -0.4 is 20.5 Å². The van der Waals surface area contributed by atoms with Crippen molar-refractivity contribution in [3.05, 3.63) is 45.4 Å². The van der Waals surface area contributed by atoms with Gasteiger partial charge in [0.15, 0.2) is 11.5 Å². The summed E-state index contributed by atoms with van der Waals surface area (Å²) in [6.45, 7) is 0.145. The molecule has 0 spiro atoms. The Labute approximate surface area is 134 Å². The van der Waals surface area contributed by atoms with Crippen LogP contribution in [0.3, 0.4) is 0 Å². The summed E-state index contributed by atoms with van der Waals surface area (Å²) in [6.07, 6.45) is 0. The number of ether oxygens (including phenoxy) is 2. The van der Waals surface area contributed by atoms with Gasteiger partial charge in [0.05, 0.1) is 16.9 Å². The summed E-state index contributed by atoms with van der Waals surface area (Å²) in [4.78, 5) is 12.3. The van der Waals surface area contributed by atoms with E-state index >= 15 is 0 Å². The number of halogens is 2. The number of nitrogens with one attached hydrogen (secondary N) is 1. The number of anilines is 2. The normalized spacial score (nSPS) is 12.3. The van der Waals surface area contributed by atoms with Crippen molar-refractivity contribution in [1.82, 2.24) is 0 Å². The molecular formula is C14H10BrClN2O3. The summed E-state index contributed by atoms with van der Waals surface area (Å²) in [7, 11) is 0. The number of benzene rings is 2. The summed E-state index contributed by atoms with van der Waals surface area (Å²) < 4.78 is 11.1. The van der Waals surface area contributed by atoms with Gasteiger partial charge in [0, 0.05) is 21.6 Å². The number of fused-ring (bicyclic) bond motifs is 1. The summed E-state index contributed by atoms with van der Waals surface area (Å²) in [5.41, 5.74) is 7.17. The summed E-state index contributed by atoms with van der Waals surface area (Å²) in [6, 6.07) is 8.22. The van der Waals surface area contributed by atoms with Gasteiger partial charge in [-0.3, -0.25) is 4.79 Å². The molecule has 0 fully saturated rings. The minimum Gasteiger partial charge on any atom is -0.454 e. The van der Waals surface area contributed by atoms with Gasteiger partial charge >= 0.3 is 0 Å². The van der Waals surface area contributed by atoms with E-state index in [0.717, 1.165) is 0 Å². The standard InChI is InChI=1S/C14H10BrClN2O3/c15-9-2-1-7(16)3-8(9)14(19)18-11-5-13-12(4-10(11)17)20-6-21-13/h1-5H,6,17H2,(H,18,19). The maximum absolute atomic E-state index is 12.3. The second kappa shape index (κ2) is 5.46. The number of rotatable bonds is 2. The van der Waals surface area contributed by atoms with E-state index in [-0.39, 0.29) is 12.7 Å². The maximum atomic E-state index is 12.3. The number of hydrogen-bond acceptors (Lipinski definition) is 4. The van der Waals surface area contributed by atoms with Crippen molar-refractivity contribution in [3.63, 3.8) is 0 Å². The molecule has 0 saturated heterocycles. The smallest absolute Gasteiger partial charge is 0.256 e. The first kappa shape index (κ1) is 14.0. The van der Waals surface area contributed by atoms with Gasteiger partial charge in [0.1, 0.15) is 0 Å². The highest BCUT2D eigenvalue weighted by molar-refractivity contribution is 9.10. The van der Waals surface area contributed by atoms with E-state index in [9.17, 15) is 4.79 Å². The highest BCUT2D eigenvalue weighted by Gasteiger charge is 2.18. The van der Waals surface area contributed by atoms with E-state index in [1.165, 1.54) is 0 Å². The van der Waals surface area contributed by atoms with E-state index in [0.29, 0.717) is 37.9 Å². The van der Waals surface area contributed by atoms with E-state index in [4.69, 9.17) is 26.8 Å². The zero-order valence-corrected chi connectivity index (χ0v) is 13.0. The van der Waals surface area contributed by atoms with Gasteiger partial charge in [-0.2, -0.15) is 0 Å². The molecule has 21 heavy (non-hydrogen) atoms. The van der Waals surface area contributed by atoms with Crippen LogP contribution in [0.25, 0.3) is 0 Å². The summed E-state index contributed by atoms with van der Waals surface area (Å²) in [5, 5.41) is 3.21. The molecule has 0 aliphatic carbocycles. The van der Waals surface area contributed by atoms with Crippen LogP contribution in [0.2, 0.25) is 5.02 Å². The lowest BCUT2D eigenvalue weighted by Crippen LogP contribution is -2.13. The Morgan fingerprint density at radius 2 is 1.95 bits per heavy atom. The molecule has 5 nitrogen and oxygen atoms in total. The predicted molar refractivity (Wildman–Crippen MR) is 84.1 cm³/mol. The SMILES string of the molecule is Nc1cc2c(cc1NC(=O)c1cc(Cl)ccc1Br)OCO2. The number of carbonyl (C=O) groups excluding carboxylic acids is 1. The average molecular weight is 370 g/mol. The maximum Gasteiger partial charge on any atom is 0.256 e. The van der Waals surface area contributed by atoms with Crippen molar-refractivity contribution >= 4 is 44.8 Å². The van der Waals surface area contributed by atoms with Crippen LogP contribution in [0.4, 0.5) is 11.4 Å². The average Bonchev–Trinajstić information content (AvgIpc) is 2.88. The molecule has 0 saturated carbocycles. The van der Waals surface area contributed by atoms with Crippen molar-refractivity contribution < 1.29 is 14.3 Å². The number of nitrogen functional groups attached to an aromatic ring is 1. The number of nitrogens with two attached hydrogens (primary N) is 1. The van der Waals surface area contributed by atoms with Gasteiger partial charge in [-0.1, -0.05) is 11.6 Å². The van der Waals surface area contributed by atoms with Crippen molar-refractivity contribution in [2.75, 3.05) is 17.8 Å². The number of hydrogen-bond donors (Lipinski definition) is 2. The largest absolute Gasteiger partial charge is 0.454 e. The molecule has 0 atom stereocenters. The van der Waals surface area contributed by atoms with E-state index in [1.807, 2.05) is 0 Å². The van der Waals surface area contributed by atoms with E-state index in [1.54, 1.807) is 30.3 Å². The Morgan fingerprint density at radius 1 is 1.24 bits per heavy atom. The molecule has 7 heteroatoms. The minimum absolute atomic E-state index is 0.145. The fourth-order valence-corrected chi connectivity index (χ4v) is 2.53. The second-order valence-electron chi connectivity index (χ2n) is 4.37. The molecule has 108 valence electrons. The zero-order valence-electron chi connectivity index (χ0n) is 10.7. The molecule has 0 bridgehead atoms. The molecule has 0 radical (unpaired) electrons. The van der Waals surface area contributed by atoms with Crippen molar-refractivity contribution in [2.45, 2.75) is 0 Å². The highest BCUT2D eigenvalue weighted by atomic mass is 79.9. The lowest BCUT2D eigenvalue weighted by atomic mass is 10.2. The molecule has 2 aromatic rings. The van der Waals surface area contributed by atoms with Gasteiger partial charge in [0.2, 0.25) is 6.79 Å². The third-order valence-corrected chi connectivity index (χ3v) is 3.89. The molecule has 0 unspecified atom stereocenters. The van der Waals surface area contributed by atoms with E-state index in [2.05, 4.69) is 21.2 Å². The van der Waals surface area contributed by atoms with Crippen LogP contribution in [0.5, 0.6) is 11.5 Å². The molecule has 3 rings (SSSR count). The van der Waals surface area contributed by atoms with Crippen LogP contribution >= 0.6 is 27.5 Å². The monoisotopic (exact) mass is 368 g/mol. The molecular weight excluding hydrogens is 360 g/mol. The van der Waals surface area contributed by atoms with Gasteiger partial charge in [-0.05, 0) is 34.1 Å². The first-order valence-electron chi connectivity index (χ1n) is 6.00. The second-order valence-corrected chi connectivity index (χ2v) is 5.66. The van der Waals surface area contributed by atoms with Crippen molar-refractivity contribution in [2.24, 2.45) is 0 Å². The quantitative estimate of drug-likeness (QED) is 0.792. The van der Waals surface area contributed by atoms with Gasteiger partial charge < -0.3 is 20.5 Å². The summed E-state index contributed by atoms with van der Waals surface area (Å²) >= 11 is 9.23. The molecule has 1 aliphatic rings. The van der Waals surface area contributed by atoms with Crippen LogP contribution in [0, 0.1) is 0 Å². The topological polar surface area (TPSA) is 73.6 Å². The van der Waals surface area contributed by atoms with Crippen LogP contribution in [-0.2, 0) is 0 Å². The fraction of sp³-hybridized carbons (Fsp3) is 0.0714. The Morgan fingerprint density at radius 3 is 2.71 bits per heavy atom. The van der Waals surface area contributed by atoms with Crippen LogP contribution in [-0.4, -0.2) is 12.7 Å². The Balaban J connectivity index is 1.90. The third kappa shape index (κ3) is 2.77. The fourth-order valence-electron chi connectivity index (χ4n) is 1.93. The molecule has 1 heterocycles. The Bertz CT molecular complexity index is 736. The minimum atomic E-state index is -0.324. The highest BCUT2D eigenvalue weighted by Crippen LogP contribution is 2.38. The van der Waals surface area contributed by atoms with Gasteiger partial charge in [0.25, 0.3) is 5.91 Å². The molecule has 2 aromatic carbocycles. The Hall–Kier alpha value is -1.92. The number of carbonyl (C=O) groups is 1. The van der Waals surface area contributed by atoms with Crippen LogP contribution in [0.15, 0.2) is 34.8 Å². The molecule has 1 aliphatic heterocycles. The Kier molecular flexibility index (Phi) is 3.65. The van der Waals surface area contributed by atoms with Gasteiger partial charge in [-0.25, -0.2) is 0 Å². The molecule has 3 N–H and O–H groups in total. The lowest BCUT2D eigenvalue weighted by Gasteiger charge is -2.10. The summed E-state index contributed by atoms with van der Waals surface area (Å²) in [5.74, 6) is 0.786. The molecule has 0 aromatic heterocycles. The third-order valence-electron chi connectivity index (χ3n) is 2.97. The van der Waals surface area contributed by atoms with Crippen molar-refractivity contribution in [3.8, 4) is 11.5 Å². The van der Waals surface area contributed by atoms with Crippen LogP contribution in [0.1, 0.15) is 10.4 Å². The predicted octanol–water partition coefficient (Wildman–Crippen LogP) is 3.67. The molecule has 1 amide bonds. The van der Waals surface area contributed by atoms with Crippen molar-refractivity contribution in [1.29, 1.82) is 0 Å². The lowest BCUT2D eigenvalue weighted by molar-refractivity contribution is 0.102. The first-order valence-corrected chi connectivity index (χ1v) is 7.17. The first-order chi connectivity index (χ1) is 10.0. The van der Waals surface area contributed by atoms with E-state index < -0.39 is 0 Å². The number of amides is 1. The van der Waals surface area contributed by atoms with Gasteiger partial charge in [-0.15, -0.1) is 0 Å². The zero-order chi connectivity index (χ0) is 15.0.